The Balaban J connectivity index is 2.05. The standard InChI is InChI=1S/C18H13Br2N3O2/c1-24-12-3-4-15-16(8-12)23-18(22-15)11(9-21)5-10-6-13(19)17(25-2)14(20)7-10/h3-8H,1-2H3,(H,22,23)/b11-5-. The minimum atomic E-state index is 0.430. The highest BCUT2D eigenvalue weighted by atomic mass is 79.9. The molecule has 1 heterocycles. The molecule has 0 unspecified atom stereocenters. The van der Waals surface area contributed by atoms with Crippen molar-refractivity contribution in [1.29, 1.82) is 5.26 Å². The smallest absolute Gasteiger partial charge is 0.149 e. The molecule has 0 radical (unpaired) electrons. The monoisotopic (exact) mass is 461 g/mol. The highest BCUT2D eigenvalue weighted by Gasteiger charge is 2.11. The quantitative estimate of drug-likeness (QED) is 0.543. The van der Waals surface area contributed by atoms with Crippen molar-refractivity contribution in [2.75, 3.05) is 14.2 Å². The summed E-state index contributed by atoms with van der Waals surface area (Å²) >= 11 is 6.93. The SMILES string of the molecule is COc1ccc2nc(/C(C#N)=C\c3cc(Br)c(OC)c(Br)c3)[nH]c2c1. The van der Waals surface area contributed by atoms with Gasteiger partial charge in [-0.25, -0.2) is 4.98 Å². The van der Waals surface area contributed by atoms with E-state index in [0.29, 0.717) is 17.1 Å². The fraction of sp³-hybridized carbons (Fsp3) is 0.111. The van der Waals surface area contributed by atoms with Gasteiger partial charge >= 0.3 is 0 Å². The molecular weight excluding hydrogens is 450 g/mol. The molecule has 25 heavy (non-hydrogen) atoms. The van der Waals surface area contributed by atoms with E-state index >= 15 is 0 Å². The number of nitriles is 1. The minimum Gasteiger partial charge on any atom is -0.497 e. The number of halogens is 2. The van der Waals surface area contributed by atoms with Gasteiger partial charge in [0.2, 0.25) is 0 Å². The number of ether oxygens (including phenoxy) is 2. The molecule has 0 spiro atoms. The predicted molar refractivity (Wildman–Crippen MR) is 105 cm³/mol. The molecule has 0 atom stereocenters. The van der Waals surface area contributed by atoms with Gasteiger partial charge in [-0.05, 0) is 67.8 Å². The van der Waals surface area contributed by atoms with Crippen LogP contribution in [0.1, 0.15) is 11.4 Å². The highest BCUT2D eigenvalue weighted by molar-refractivity contribution is 9.11. The van der Waals surface area contributed by atoms with Crippen LogP contribution in [0.4, 0.5) is 0 Å². The van der Waals surface area contributed by atoms with Crippen molar-refractivity contribution in [3.05, 3.63) is 50.7 Å². The second-order valence-electron chi connectivity index (χ2n) is 5.16. The van der Waals surface area contributed by atoms with E-state index in [4.69, 9.17) is 9.47 Å². The molecule has 0 saturated carbocycles. The number of aromatic nitrogens is 2. The molecule has 5 nitrogen and oxygen atoms in total. The Labute approximate surface area is 161 Å². The first kappa shape index (κ1) is 17.5. The first-order valence-electron chi connectivity index (χ1n) is 7.24. The molecule has 0 bridgehead atoms. The number of benzene rings is 2. The van der Waals surface area contributed by atoms with E-state index in [1.807, 2.05) is 30.3 Å². The molecule has 2 aromatic carbocycles. The van der Waals surface area contributed by atoms with E-state index in [-0.39, 0.29) is 0 Å². The Morgan fingerprint density at radius 1 is 1.16 bits per heavy atom. The van der Waals surface area contributed by atoms with Crippen LogP contribution < -0.4 is 9.47 Å². The van der Waals surface area contributed by atoms with Crippen molar-refractivity contribution in [3.63, 3.8) is 0 Å². The van der Waals surface area contributed by atoms with Gasteiger partial charge in [-0.2, -0.15) is 5.26 Å². The lowest BCUT2D eigenvalue weighted by Crippen LogP contribution is -1.89. The van der Waals surface area contributed by atoms with E-state index in [9.17, 15) is 5.26 Å². The Morgan fingerprint density at radius 2 is 1.88 bits per heavy atom. The summed E-state index contributed by atoms with van der Waals surface area (Å²) in [6, 6.07) is 11.5. The van der Waals surface area contributed by atoms with Crippen LogP contribution in [-0.2, 0) is 0 Å². The molecule has 0 aliphatic heterocycles. The van der Waals surface area contributed by atoms with Gasteiger partial charge in [0.05, 0.1) is 39.8 Å². The Morgan fingerprint density at radius 3 is 2.48 bits per heavy atom. The molecule has 0 aliphatic carbocycles. The zero-order valence-corrected chi connectivity index (χ0v) is 16.6. The van der Waals surface area contributed by atoms with Crippen LogP contribution in [0.5, 0.6) is 11.5 Å². The number of fused-ring (bicyclic) bond motifs is 1. The number of H-pyrrole nitrogens is 1. The van der Waals surface area contributed by atoms with Gasteiger partial charge in [0.1, 0.15) is 23.4 Å². The predicted octanol–water partition coefficient (Wildman–Crippen LogP) is 5.17. The van der Waals surface area contributed by atoms with Gasteiger partial charge in [-0.1, -0.05) is 0 Å². The fourth-order valence-electron chi connectivity index (χ4n) is 2.42. The highest BCUT2D eigenvalue weighted by Crippen LogP contribution is 2.35. The summed E-state index contributed by atoms with van der Waals surface area (Å²) in [5.74, 6) is 1.94. The zero-order valence-electron chi connectivity index (χ0n) is 13.4. The third-order valence-corrected chi connectivity index (χ3v) is 4.78. The van der Waals surface area contributed by atoms with Gasteiger partial charge in [0, 0.05) is 6.07 Å². The summed E-state index contributed by atoms with van der Waals surface area (Å²) in [5, 5.41) is 9.55. The Bertz CT molecular complexity index is 996. The number of methoxy groups -OCH3 is 2. The topological polar surface area (TPSA) is 70.9 Å². The molecule has 0 fully saturated rings. The third kappa shape index (κ3) is 3.55. The number of rotatable bonds is 4. The van der Waals surface area contributed by atoms with Gasteiger partial charge in [0.15, 0.2) is 0 Å². The van der Waals surface area contributed by atoms with Gasteiger partial charge in [-0.15, -0.1) is 0 Å². The fourth-order valence-corrected chi connectivity index (χ4v) is 3.97. The zero-order chi connectivity index (χ0) is 18.0. The molecule has 1 N–H and O–H groups in total. The van der Waals surface area contributed by atoms with Crippen LogP contribution in [0.3, 0.4) is 0 Å². The normalized spacial score (nSPS) is 11.4. The molecule has 1 aromatic heterocycles. The van der Waals surface area contributed by atoms with Crippen LogP contribution in [-0.4, -0.2) is 24.2 Å². The maximum atomic E-state index is 9.55. The van der Waals surface area contributed by atoms with Crippen LogP contribution in [0.15, 0.2) is 39.3 Å². The number of allylic oxidation sites excluding steroid dienone is 1. The lowest BCUT2D eigenvalue weighted by Gasteiger charge is -2.07. The summed E-state index contributed by atoms with van der Waals surface area (Å²) in [4.78, 5) is 7.65. The second-order valence-corrected chi connectivity index (χ2v) is 6.86. The Kier molecular flexibility index (Phi) is 5.11. The van der Waals surface area contributed by atoms with Crippen molar-refractivity contribution in [2.45, 2.75) is 0 Å². The average Bonchev–Trinajstić information content (AvgIpc) is 3.02. The number of hydrogen-bond acceptors (Lipinski definition) is 4. The van der Waals surface area contributed by atoms with Crippen molar-refractivity contribution in [1.82, 2.24) is 9.97 Å². The van der Waals surface area contributed by atoms with Crippen LogP contribution in [0.25, 0.3) is 22.7 Å². The summed E-state index contributed by atoms with van der Waals surface area (Å²) in [6.07, 6.45) is 1.77. The average molecular weight is 463 g/mol. The number of nitrogens with one attached hydrogen (secondary N) is 1. The van der Waals surface area contributed by atoms with E-state index in [1.165, 1.54) is 0 Å². The first-order chi connectivity index (χ1) is 12.0. The van der Waals surface area contributed by atoms with E-state index in [0.717, 1.165) is 31.3 Å². The van der Waals surface area contributed by atoms with E-state index in [1.54, 1.807) is 20.3 Å². The number of hydrogen-bond donors (Lipinski definition) is 1. The number of nitrogens with zero attached hydrogens (tertiary/aromatic N) is 2. The van der Waals surface area contributed by atoms with Crippen molar-refractivity contribution in [3.8, 4) is 17.6 Å². The van der Waals surface area contributed by atoms with Gasteiger partial charge in [0.25, 0.3) is 0 Å². The maximum absolute atomic E-state index is 9.55. The molecular formula is C18H13Br2N3O2. The molecule has 0 saturated heterocycles. The molecule has 0 amide bonds. The van der Waals surface area contributed by atoms with E-state index in [2.05, 4.69) is 47.9 Å². The molecule has 126 valence electrons. The van der Waals surface area contributed by atoms with Crippen LogP contribution >= 0.6 is 31.9 Å². The van der Waals surface area contributed by atoms with Crippen LogP contribution in [0.2, 0.25) is 0 Å². The Hall–Kier alpha value is -2.30. The minimum absolute atomic E-state index is 0.430. The summed E-state index contributed by atoms with van der Waals surface area (Å²) in [5.41, 5.74) is 2.86. The van der Waals surface area contributed by atoms with E-state index < -0.39 is 0 Å². The number of aromatic amines is 1. The number of imidazole rings is 1. The van der Waals surface area contributed by atoms with Crippen molar-refractivity contribution >= 4 is 54.5 Å². The third-order valence-electron chi connectivity index (χ3n) is 3.60. The molecule has 7 heteroatoms. The van der Waals surface area contributed by atoms with Crippen molar-refractivity contribution in [2.24, 2.45) is 0 Å². The molecule has 3 aromatic rings. The second kappa shape index (κ2) is 7.30. The molecule has 0 aliphatic rings. The lowest BCUT2D eigenvalue weighted by atomic mass is 10.1. The van der Waals surface area contributed by atoms with Crippen molar-refractivity contribution < 1.29 is 9.47 Å². The lowest BCUT2D eigenvalue weighted by molar-refractivity contribution is 0.409. The van der Waals surface area contributed by atoms with Gasteiger partial charge in [-0.3, -0.25) is 0 Å². The maximum Gasteiger partial charge on any atom is 0.149 e. The molecule has 3 rings (SSSR count). The van der Waals surface area contributed by atoms with Gasteiger partial charge < -0.3 is 14.5 Å². The first-order valence-corrected chi connectivity index (χ1v) is 8.83. The summed E-state index contributed by atoms with van der Waals surface area (Å²) in [6.45, 7) is 0. The largest absolute Gasteiger partial charge is 0.497 e. The summed E-state index contributed by atoms with van der Waals surface area (Å²) < 4.78 is 12.1. The van der Waals surface area contributed by atoms with Crippen LogP contribution in [0, 0.1) is 11.3 Å². The summed E-state index contributed by atoms with van der Waals surface area (Å²) in [7, 11) is 3.21.